The number of amides is 1. The molecular weight excluding hydrogens is 308 g/mol. The van der Waals surface area contributed by atoms with Gasteiger partial charge in [-0.15, -0.1) is 12.4 Å². The molecule has 3 nitrogen and oxygen atoms in total. The van der Waals surface area contributed by atoms with Crippen LogP contribution < -0.4 is 10.6 Å². The van der Waals surface area contributed by atoms with Gasteiger partial charge in [0.2, 0.25) is 5.91 Å². The van der Waals surface area contributed by atoms with Crippen LogP contribution in [0.4, 0.5) is 0 Å². The van der Waals surface area contributed by atoms with Crippen molar-refractivity contribution in [3.63, 3.8) is 0 Å². The Bertz CT molecular complexity index is 532. The average Bonchev–Trinajstić information content (AvgIpc) is 3.18. The summed E-state index contributed by atoms with van der Waals surface area (Å²) < 4.78 is 0. The van der Waals surface area contributed by atoms with Crippen LogP contribution in [0.5, 0.6) is 0 Å². The normalized spacial score (nSPS) is 23.7. The van der Waals surface area contributed by atoms with Gasteiger partial charge in [0.1, 0.15) is 0 Å². The van der Waals surface area contributed by atoms with Crippen LogP contribution in [0.1, 0.15) is 51.6 Å². The molecule has 1 saturated heterocycles. The predicted molar refractivity (Wildman–Crippen MR) is 96.7 cm³/mol. The Kier molecular flexibility index (Phi) is 5.42. The first kappa shape index (κ1) is 18.3. The van der Waals surface area contributed by atoms with Crippen molar-refractivity contribution in [2.75, 3.05) is 13.1 Å². The number of halogens is 1. The van der Waals surface area contributed by atoms with Gasteiger partial charge in [-0.2, -0.15) is 0 Å². The van der Waals surface area contributed by atoms with Crippen molar-refractivity contribution in [2.45, 2.75) is 46.1 Å². The van der Waals surface area contributed by atoms with Gasteiger partial charge in [0.15, 0.2) is 0 Å². The summed E-state index contributed by atoms with van der Waals surface area (Å²) in [5.41, 5.74) is 1.50. The summed E-state index contributed by atoms with van der Waals surface area (Å²) >= 11 is 0. The van der Waals surface area contributed by atoms with Gasteiger partial charge in [-0.3, -0.25) is 4.79 Å². The van der Waals surface area contributed by atoms with Crippen LogP contribution in [0.2, 0.25) is 0 Å². The molecule has 1 aromatic carbocycles. The van der Waals surface area contributed by atoms with Gasteiger partial charge in [-0.1, -0.05) is 51.1 Å². The molecule has 0 radical (unpaired) electrons. The Morgan fingerprint density at radius 2 is 1.83 bits per heavy atom. The third kappa shape index (κ3) is 3.89. The molecule has 1 aliphatic carbocycles. The van der Waals surface area contributed by atoms with E-state index in [1.165, 1.54) is 5.56 Å². The molecule has 4 heteroatoms. The molecule has 2 atom stereocenters. The minimum absolute atomic E-state index is 0. The summed E-state index contributed by atoms with van der Waals surface area (Å²) in [7, 11) is 0. The fourth-order valence-electron chi connectivity index (χ4n) is 3.88. The highest BCUT2D eigenvalue weighted by Gasteiger charge is 2.58. The van der Waals surface area contributed by atoms with Crippen LogP contribution in [0.3, 0.4) is 0 Å². The molecule has 128 valence electrons. The first-order valence-corrected chi connectivity index (χ1v) is 8.48. The Labute approximate surface area is 146 Å². The molecule has 1 aliphatic heterocycles. The van der Waals surface area contributed by atoms with Crippen molar-refractivity contribution in [1.29, 1.82) is 0 Å². The molecule has 0 bridgehead atoms. The maximum Gasteiger partial charge on any atom is 0.224 e. The van der Waals surface area contributed by atoms with Crippen molar-refractivity contribution in [3.05, 3.63) is 35.9 Å². The van der Waals surface area contributed by atoms with Gasteiger partial charge in [-0.05, 0) is 48.7 Å². The van der Waals surface area contributed by atoms with Crippen molar-refractivity contribution >= 4 is 18.3 Å². The number of nitrogens with one attached hydrogen (secondary N) is 2. The largest absolute Gasteiger partial charge is 0.349 e. The lowest BCUT2D eigenvalue weighted by Crippen LogP contribution is -2.39. The van der Waals surface area contributed by atoms with E-state index in [0.29, 0.717) is 5.41 Å². The van der Waals surface area contributed by atoms with E-state index in [-0.39, 0.29) is 35.7 Å². The van der Waals surface area contributed by atoms with E-state index in [9.17, 15) is 4.79 Å². The third-order valence-corrected chi connectivity index (χ3v) is 5.39. The number of hydrogen-bond acceptors (Lipinski definition) is 2. The predicted octanol–water partition coefficient (Wildman–Crippen LogP) is 3.70. The molecule has 0 aromatic heterocycles. The lowest BCUT2D eigenvalue weighted by atomic mass is 9.82. The second-order valence-corrected chi connectivity index (χ2v) is 8.09. The average molecular weight is 337 g/mol. The van der Waals surface area contributed by atoms with E-state index in [1.807, 2.05) is 18.2 Å². The summed E-state index contributed by atoms with van der Waals surface area (Å²) in [6.45, 7) is 8.70. The minimum atomic E-state index is 0. The molecule has 2 unspecified atom stereocenters. The molecule has 1 amide bonds. The lowest BCUT2D eigenvalue weighted by Gasteiger charge is -2.32. The molecule has 1 aromatic rings. The molecule has 23 heavy (non-hydrogen) atoms. The van der Waals surface area contributed by atoms with Gasteiger partial charge in [0, 0.05) is 5.92 Å². The van der Waals surface area contributed by atoms with Gasteiger partial charge in [0.05, 0.1) is 6.04 Å². The Morgan fingerprint density at radius 3 is 2.39 bits per heavy atom. The maximum absolute atomic E-state index is 12.8. The highest BCUT2D eigenvalue weighted by Crippen LogP contribution is 2.58. The molecular formula is C19H29ClN2O. The zero-order valence-corrected chi connectivity index (χ0v) is 15.2. The number of carbonyl (C=O) groups is 1. The first-order valence-electron chi connectivity index (χ1n) is 8.48. The van der Waals surface area contributed by atoms with E-state index in [0.717, 1.165) is 32.4 Å². The SMILES string of the molecule is CC(C)(C)C(NC(=O)C1CC12CCNCC2)c1ccccc1.Cl. The number of carbonyl (C=O) groups excluding carboxylic acids is 1. The summed E-state index contributed by atoms with van der Waals surface area (Å²) in [5.74, 6) is 0.480. The number of piperidine rings is 1. The molecule has 1 saturated carbocycles. The monoisotopic (exact) mass is 336 g/mol. The fourth-order valence-corrected chi connectivity index (χ4v) is 3.88. The van der Waals surface area contributed by atoms with Crippen molar-refractivity contribution in [3.8, 4) is 0 Å². The van der Waals surface area contributed by atoms with Crippen LogP contribution in [0.15, 0.2) is 30.3 Å². The van der Waals surface area contributed by atoms with Crippen LogP contribution >= 0.6 is 12.4 Å². The van der Waals surface area contributed by atoms with Gasteiger partial charge < -0.3 is 10.6 Å². The van der Waals surface area contributed by atoms with Gasteiger partial charge in [0.25, 0.3) is 0 Å². The van der Waals surface area contributed by atoms with Crippen molar-refractivity contribution in [1.82, 2.24) is 10.6 Å². The minimum Gasteiger partial charge on any atom is -0.349 e. The standard InChI is InChI=1S/C19H28N2O.ClH/c1-18(2,3)16(14-7-5-4-6-8-14)21-17(22)15-13-19(15)9-11-20-12-10-19;/h4-8,15-16,20H,9-13H2,1-3H3,(H,21,22);1H. The van der Waals surface area contributed by atoms with E-state index >= 15 is 0 Å². The van der Waals surface area contributed by atoms with Crippen LogP contribution in [0.25, 0.3) is 0 Å². The topological polar surface area (TPSA) is 41.1 Å². The number of benzene rings is 1. The Balaban J connectivity index is 0.00000192. The zero-order chi connectivity index (χ0) is 15.8. The molecule has 1 heterocycles. The summed E-state index contributed by atoms with van der Waals surface area (Å²) in [5, 5.41) is 6.75. The second kappa shape index (κ2) is 6.82. The molecule has 2 N–H and O–H groups in total. The van der Waals surface area contributed by atoms with E-state index < -0.39 is 0 Å². The van der Waals surface area contributed by atoms with Crippen LogP contribution in [0, 0.1) is 16.7 Å². The highest BCUT2D eigenvalue weighted by atomic mass is 35.5. The van der Waals surface area contributed by atoms with Crippen molar-refractivity contribution in [2.24, 2.45) is 16.7 Å². The van der Waals surface area contributed by atoms with Crippen LogP contribution in [-0.4, -0.2) is 19.0 Å². The molecule has 3 rings (SSSR count). The first-order chi connectivity index (χ1) is 10.4. The lowest BCUT2D eigenvalue weighted by molar-refractivity contribution is -0.124. The summed E-state index contributed by atoms with van der Waals surface area (Å²) in [6.07, 6.45) is 3.37. The molecule has 1 spiro atoms. The van der Waals surface area contributed by atoms with E-state index in [4.69, 9.17) is 0 Å². The van der Waals surface area contributed by atoms with Crippen molar-refractivity contribution < 1.29 is 4.79 Å². The highest BCUT2D eigenvalue weighted by molar-refractivity contribution is 5.85. The fraction of sp³-hybridized carbons (Fsp3) is 0.632. The number of rotatable bonds is 3. The number of hydrogen-bond donors (Lipinski definition) is 2. The Morgan fingerprint density at radius 1 is 1.22 bits per heavy atom. The smallest absolute Gasteiger partial charge is 0.224 e. The van der Waals surface area contributed by atoms with Crippen LogP contribution in [-0.2, 0) is 4.79 Å². The quantitative estimate of drug-likeness (QED) is 0.883. The second-order valence-electron chi connectivity index (χ2n) is 8.09. The summed E-state index contributed by atoms with van der Waals surface area (Å²) in [4.78, 5) is 12.8. The maximum atomic E-state index is 12.8. The zero-order valence-electron chi connectivity index (χ0n) is 14.4. The van der Waals surface area contributed by atoms with E-state index in [1.54, 1.807) is 0 Å². The Hall–Kier alpha value is -1.06. The molecule has 2 fully saturated rings. The van der Waals surface area contributed by atoms with Gasteiger partial charge >= 0.3 is 0 Å². The third-order valence-electron chi connectivity index (χ3n) is 5.39. The molecule has 2 aliphatic rings. The van der Waals surface area contributed by atoms with E-state index in [2.05, 4.69) is 43.5 Å². The van der Waals surface area contributed by atoms with Gasteiger partial charge in [-0.25, -0.2) is 0 Å². The summed E-state index contributed by atoms with van der Waals surface area (Å²) in [6, 6.07) is 10.4.